The maximum absolute atomic E-state index is 12.5. The summed E-state index contributed by atoms with van der Waals surface area (Å²) in [5, 5.41) is 13.5. The smallest absolute Gasteiger partial charge is 0.308 e. The molecule has 23 heavy (non-hydrogen) atoms. The van der Waals surface area contributed by atoms with Crippen LogP contribution in [0.3, 0.4) is 0 Å². The number of carboxylic acids is 1. The van der Waals surface area contributed by atoms with Crippen LogP contribution in [0, 0.1) is 18.8 Å². The van der Waals surface area contributed by atoms with Crippen molar-refractivity contribution in [3.05, 3.63) is 47.8 Å². The van der Waals surface area contributed by atoms with Gasteiger partial charge < -0.3 is 10.0 Å². The molecule has 2 heterocycles. The number of aliphatic carboxylic acids is 1. The summed E-state index contributed by atoms with van der Waals surface area (Å²) in [7, 11) is 0. The minimum Gasteiger partial charge on any atom is -0.481 e. The second-order valence-corrected chi connectivity index (χ2v) is 6.08. The third-order valence-corrected chi connectivity index (χ3v) is 4.32. The molecule has 0 unspecified atom stereocenters. The predicted molar refractivity (Wildman–Crippen MR) is 84.5 cm³/mol. The summed E-state index contributed by atoms with van der Waals surface area (Å²) in [5.74, 6) is -1.46. The lowest BCUT2D eigenvalue weighted by Gasteiger charge is -2.16. The van der Waals surface area contributed by atoms with E-state index in [0.29, 0.717) is 12.1 Å². The van der Waals surface area contributed by atoms with Gasteiger partial charge in [-0.15, -0.1) is 0 Å². The number of carbonyl (C=O) groups excluding carboxylic acids is 1. The van der Waals surface area contributed by atoms with E-state index in [4.69, 9.17) is 0 Å². The third kappa shape index (κ3) is 2.97. The third-order valence-electron chi connectivity index (χ3n) is 4.32. The lowest BCUT2D eigenvalue weighted by Crippen LogP contribution is -2.29. The van der Waals surface area contributed by atoms with E-state index in [1.807, 2.05) is 38.2 Å². The highest BCUT2D eigenvalue weighted by molar-refractivity contribution is 5.95. The average Bonchev–Trinajstić information content (AvgIpc) is 3.13. The molecule has 3 rings (SSSR count). The van der Waals surface area contributed by atoms with E-state index in [9.17, 15) is 14.7 Å². The molecule has 6 heteroatoms. The monoisotopic (exact) mass is 313 g/mol. The Hall–Kier alpha value is -2.63. The summed E-state index contributed by atoms with van der Waals surface area (Å²) in [6, 6.07) is 9.11. The molecular weight excluding hydrogens is 294 g/mol. The summed E-state index contributed by atoms with van der Waals surface area (Å²) in [6.45, 7) is 4.54. The average molecular weight is 313 g/mol. The van der Waals surface area contributed by atoms with Crippen molar-refractivity contribution < 1.29 is 14.7 Å². The Balaban J connectivity index is 1.75. The van der Waals surface area contributed by atoms with Crippen molar-refractivity contribution in [3.63, 3.8) is 0 Å². The van der Waals surface area contributed by atoms with Crippen LogP contribution in [0.25, 0.3) is 5.69 Å². The zero-order valence-electron chi connectivity index (χ0n) is 13.1. The van der Waals surface area contributed by atoms with E-state index in [-0.39, 0.29) is 18.4 Å². The molecule has 1 aliphatic rings. The van der Waals surface area contributed by atoms with Gasteiger partial charge in [0.2, 0.25) is 0 Å². The van der Waals surface area contributed by atoms with E-state index >= 15 is 0 Å². The standard InChI is InChI=1S/C17H19N3O3/c1-11-9-19(10-15(11)17(22)23)16(21)13-3-5-14(6-4-13)20-8-7-12(2)18-20/h3-8,11,15H,9-10H2,1-2H3,(H,22,23)/t11-,15-/m1/s1. The van der Waals surface area contributed by atoms with Crippen LogP contribution in [0.4, 0.5) is 0 Å². The molecule has 0 bridgehead atoms. The minimum atomic E-state index is -0.836. The maximum Gasteiger partial charge on any atom is 0.308 e. The number of carboxylic acid groups (broad SMARTS) is 1. The predicted octanol–water partition coefficient (Wildman–Crippen LogP) is 1.97. The van der Waals surface area contributed by atoms with Crippen molar-refractivity contribution >= 4 is 11.9 Å². The van der Waals surface area contributed by atoms with Gasteiger partial charge in [-0.2, -0.15) is 5.10 Å². The Morgan fingerprint density at radius 2 is 1.87 bits per heavy atom. The number of carbonyl (C=O) groups is 2. The molecule has 1 saturated heterocycles. The molecular formula is C17H19N3O3. The number of hydrogen-bond acceptors (Lipinski definition) is 3. The van der Waals surface area contributed by atoms with Crippen LogP contribution in [0.1, 0.15) is 23.0 Å². The van der Waals surface area contributed by atoms with Crippen molar-refractivity contribution in [3.8, 4) is 5.69 Å². The molecule has 1 aromatic carbocycles. The molecule has 6 nitrogen and oxygen atoms in total. The molecule has 1 fully saturated rings. The molecule has 1 aliphatic heterocycles. The number of aryl methyl sites for hydroxylation is 1. The molecule has 120 valence electrons. The summed E-state index contributed by atoms with van der Waals surface area (Å²) >= 11 is 0. The Morgan fingerprint density at radius 1 is 1.17 bits per heavy atom. The van der Waals surface area contributed by atoms with Crippen LogP contribution in [0.5, 0.6) is 0 Å². The van der Waals surface area contributed by atoms with Gasteiger partial charge in [-0.25, -0.2) is 4.68 Å². The van der Waals surface area contributed by atoms with Crippen LogP contribution in [-0.4, -0.2) is 44.8 Å². The first-order valence-electron chi connectivity index (χ1n) is 7.60. The molecule has 1 N–H and O–H groups in total. The SMILES string of the molecule is Cc1ccn(-c2ccc(C(=O)N3C[C@@H](C)[C@H](C(=O)O)C3)cc2)n1. The van der Waals surface area contributed by atoms with Gasteiger partial charge in [0.05, 0.1) is 17.3 Å². The van der Waals surface area contributed by atoms with E-state index in [1.165, 1.54) is 0 Å². The lowest BCUT2D eigenvalue weighted by molar-refractivity contribution is -0.142. The normalized spacial score (nSPS) is 20.7. The van der Waals surface area contributed by atoms with E-state index in [1.54, 1.807) is 21.7 Å². The Labute approximate surface area is 134 Å². The zero-order chi connectivity index (χ0) is 16.6. The van der Waals surface area contributed by atoms with Crippen LogP contribution < -0.4 is 0 Å². The highest BCUT2D eigenvalue weighted by atomic mass is 16.4. The number of likely N-dealkylation sites (tertiary alicyclic amines) is 1. The fraction of sp³-hybridized carbons (Fsp3) is 0.353. The number of benzene rings is 1. The fourth-order valence-electron chi connectivity index (χ4n) is 2.95. The molecule has 1 aromatic heterocycles. The van der Waals surface area contributed by atoms with Gasteiger partial charge in [0.15, 0.2) is 0 Å². The van der Waals surface area contributed by atoms with Gasteiger partial charge in [0, 0.05) is 24.8 Å². The highest BCUT2D eigenvalue weighted by Gasteiger charge is 2.37. The summed E-state index contributed by atoms with van der Waals surface area (Å²) in [4.78, 5) is 25.3. The molecule has 2 aromatic rings. The van der Waals surface area contributed by atoms with Crippen LogP contribution in [0.2, 0.25) is 0 Å². The van der Waals surface area contributed by atoms with Crippen LogP contribution >= 0.6 is 0 Å². The van der Waals surface area contributed by atoms with Crippen molar-refractivity contribution in [2.45, 2.75) is 13.8 Å². The number of rotatable bonds is 3. The van der Waals surface area contributed by atoms with Crippen LogP contribution in [-0.2, 0) is 4.79 Å². The van der Waals surface area contributed by atoms with Gasteiger partial charge in [-0.05, 0) is 43.2 Å². The van der Waals surface area contributed by atoms with Gasteiger partial charge >= 0.3 is 5.97 Å². The Kier molecular flexibility index (Phi) is 3.90. The fourth-order valence-corrected chi connectivity index (χ4v) is 2.95. The molecule has 2 atom stereocenters. The number of nitrogens with zero attached hydrogens (tertiary/aromatic N) is 3. The summed E-state index contributed by atoms with van der Waals surface area (Å²) in [5.41, 5.74) is 2.37. The summed E-state index contributed by atoms with van der Waals surface area (Å²) < 4.78 is 1.75. The quantitative estimate of drug-likeness (QED) is 0.940. The molecule has 0 radical (unpaired) electrons. The van der Waals surface area contributed by atoms with Gasteiger partial charge in [0.1, 0.15) is 0 Å². The van der Waals surface area contributed by atoms with Gasteiger partial charge in [-0.1, -0.05) is 6.92 Å². The topological polar surface area (TPSA) is 75.4 Å². The number of hydrogen-bond donors (Lipinski definition) is 1. The first-order valence-corrected chi connectivity index (χ1v) is 7.60. The lowest BCUT2D eigenvalue weighted by atomic mass is 9.99. The van der Waals surface area contributed by atoms with Crippen molar-refractivity contribution in [1.29, 1.82) is 0 Å². The first kappa shape index (κ1) is 15.3. The first-order chi connectivity index (χ1) is 11.0. The second kappa shape index (κ2) is 5.87. The summed E-state index contributed by atoms with van der Waals surface area (Å²) in [6.07, 6.45) is 1.87. The molecule has 0 spiro atoms. The second-order valence-electron chi connectivity index (χ2n) is 6.08. The van der Waals surface area contributed by atoms with E-state index in [0.717, 1.165) is 11.4 Å². The van der Waals surface area contributed by atoms with Gasteiger partial charge in [-0.3, -0.25) is 9.59 Å². The highest BCUT2D eigenvalue weighted by Crippen LogP contribution is 2.25. The van der Waals surface area contributed by atoms with Crippen molar-refractivity contribution in [2.24, 2.45) is 11.8 Å². The minimum absolute atomic E-state index is 0.0252. The molecule has 0 saturated carbocycles. The van der Waals surface area contributed by atoms with E-state index in [2.05, 4.69) is 5.10 Å². The van der Waals surface area contributed by atoms with Crippen LogP contribution in [0.15, 0.2) is 36.5 Å². The van der Waals surface area contributed by atoms with Crippen molar-refractivity contribution in [2.75, 3.05) is 13.1 Å². The number of amides is 1. The largest absolute Gasteiger partial charge is 0.481 e. The number of aromatic nitrogens is 2. The molecule has 0 aliphatic carbocycles. The zero-order valence-corrected chi connectivity index (χ0v) is 13.1. The molecule has 1 amide bonds. The van der Waals surface area contributed by atoms with Gasteiger partial charge in [0.25, 0.3) is 5.91 Å². The maximum atomic E-state index is 12.5. The Bertz CT molecular complexity index is 736. The Morgan fingerprint density at radius 3 is 2.39 bits per heavy atom. The van der Waals surface area contributed by atoms with Crippen molar-refractivity contribution in [1.82, 2.24) is 14.7 Å². The van der Waals surface area contributed by atoms with E-state index < -0.39 is 11.9 Å².